The van der Waals surface area contributed by atoms with Crippen LogP contribution in [0.4, 0.5) is 8.78 Å². The summed E-state index contributed by atoms with van der Waals surface area (Å²) >= 11 is 0. The van der Waals surface area contributed by atoms with Gasteiger partial charge in [0, 0.05) is 0 Å². The summed E-state index contributed by atoms with van der Waals surface area (Å²) in [5.74, 6) is -2.55. The van der Waals surface area contributed by atoms with Gasteiger partial charge < -0.3 is 9.52 Å². The zero-order valence-corrected chi connectivity index (χ0v) is 8.33. The Hall–Kier alpha value is -1.46. The molecule has 0 fully saturated rings. The molecule has 84 valence electrons. The van der Waals surface area contributed by atoms with Gasteiger partial charge in [-0.1, -0.05) is 0 Å². The maximum absolute atomic E-state index is 12.5. The molecular formula is C9H11F2NO3. The summed E-state index contributed by atoms with van der Waals surface area (Å²) in [6.45, 7) is 3.21. The Morgan fingerprint density at radius 3 is 2.47 bits per heavy atom. The second-order valence-corrected chi connectivity index (χ2v) is 3.23. The van der Waals surface area contributed by atoms with Gasteiger partial charge in [-0.3, -0.25) is 4.79 Å². The number of hydrogen-bond acceptors (Lipinski definition) is 3. The van der Waals surface area contributed by atoms with Gasteiger partial charge in [-0.05, 0) is 13.8 Å². The summed E-state index contributed by atoms with van der Waals surface area (Å²) in [5.41, 5.74) is 0.501. The van der Waals surface area contributed by atoms with Crippen molar-refractivity contribution in [3.05, 3.63) is 17.3 Å². The molecule has 0 bridgehead atoms. The van der Waals surface area contributed by atoms with Crippen LogP contribution in [-0.2, 0) is 4.79 Å². The van der Waals surface area contributed by atoms with Crippen LogP contribution >= 0.6 is 0 Å². The van der Waals surface area contributed by atoms with Gasteiger partial charge in [0.25, 0.3) is 6.43 Å². The molecule has 6 heteroatoms. The summed E-state index contributed by atoms with van der Waals surface area (Å²) in [5, 5.41) is 8.47. The van der Waals surface area contributed by atoms with E-state index in [0.717, 1.165) is 0 Å². The smallest absolute Gasteiger partial charge is 0.304 e. The summed E-state index contributed by atoms with van der Waals surface area (Å²) in [6, 6.07) is 0. The molecule has 0 saturated carbocycles. The van der Waals surface area contributed by atoms with Crippen LogP contribution in [0.2, 0.25) is 0 Å². The number of aliphatic carboxylic acids is 1. The third-order valence-corrected chi connectivity index (χ3v) is 2.06. The summed E-state index contributed by atoms with van der Waals surface area (Å²) in [7, 11) is 0. The molecule has 0 saturated heterocycles. The summed E-state index contributed by atoms with van der Waals surface area (Å²) in [4.78, 5) is 14.2. The van der Waals surface area contributed by atoms with Crippen molar-refractivity contribution in [2.75, 3.05) is 0 Å². The van der Waals surface area contributed by atoms with Crippen molar-refractivity contribution in [2.45, 2.75) is 32.6 Å². The van der Waals surface area contributed by atoms with Crippen molar-refractivity contribution in [1.82, 2.24) is 4.98 Å². The minimum atomic E-state index is -2.79. The molecule has 0 amide bonds. The molecule has 1 aromatic heterocycles. The number of alkyl halides is 2. The molecule has 1 rings (SSSR count). The molecule has 15 heavy (non-hydrogen) atoms. The summed E-state index contributed by atoms with van der Waals surface area (Å²) in [6.07, 6.45) is -3.48. The van der Waals surface area contributed by atoms with Crippen molar-refractivity contribution in [3.63, 3.8) is 0 Å². The molecule has 0 aromatic carbocycles. The van der Waals surface area contributed by atoms with Crippen molar-refractivity contribution in [3.8, 4) is 0 Å². The van der Waals surface area contributed by atoms with Crippen LogP contribution in [-0.4, -0.2) is 22.5 Å². The number of hydrogen-bond donors (Lipinski definition) is 1. The van der Waals surface area contributed by atoms with Crippen LogP contribution in [0.3, 0.4) is 0 Å². The maximum atomic E-state index is 12.5. The van der Waals surface area contributed by atoms with E-state index >= 15 is 0 Å². The first-order chi connectivity index (χ1) is 6.91. The fraction of sp³-hybridized carbons (Fsp3) is 0.556. The zero-order valence-electron chi connectivity index (χ0n) is 8.33. The predicted octanol–water partition coefficient (Wildman–Crippen LogP) is 2.11. The second kappa shape index (κ2) is 4.37. The standard InChI is InChI=1S/C9H11F2NO3/c1-4-5(2)15-9(12-4)6(8(10)11)3-7(13)14/h6,8H,3H2,1-2H3,(H,13,14). The molecule has 4 nitrogen and oxygen atoms in total. The molecule has 0 aliphatic heterocycles. The lowest BCUT2D eigenvalue weighted by Gasteiger charge is -2.08. The number of halogens is 2. The lowest BCUT2D eigenvalue weighted by molar-refractivity contribution is -0.138. The Bertz CT molecular complexity index is 343. The maximum Gasteiger partial charge on any atom is 0.304 e. The number of rotatable bonds is 4. The number of oxazole rings is 1. The Morgan fingerprint density at radius 1 is 1.53 bits per heavy atom. The Labute approximate surface area is 84.9 Å². The van der Waals surface area contributed by atoms with Crippen LogP contribution in [0.15, 0.2) is 4.42 Å². The van der Waals surface area contributed by atoms with Gasteiger partial charge in [0.05, 0.1) is 12.1 Å². The molecule has 1 aromatic rings. The number of carboxylic acid groups (broad SMARTS) is 1. The number of carbonyl (C=O) groups is 1. The molecule has 1 N–H and O–H groups in total. The lowest BCUT2D eigenvalue weighted by atomic mass is 10.1. The first-order valence-electron chi connectivity index (χ1n) is 4.35. The van der Waals surface area contributed by atoms with Gasteiger partial charge >= 0.3 is 5.97 Å². The first-order valence-corrected chi connectivity index (χ1v) is 4.35. The normalized spacial score (nSPS) is 13.1. The highest BCUT2D eigenvalue weighted by Gasteiger charge is 2.30. The summed E-state index contributed by atoms with van der Waals surface area (Å²) < 4.78 is 30.0. The van der Waals surface area contributed by atoms with E-state index in [1.807, 2.05) is 0 Å². The molecule has 0 aliphatic rings. The van der Waals surface area contributed by atoms with E-state index in [1.165, 1.54) is 0 Å². The zero-order chi connectivity index (χ0) is 11.6. The van der Waals surface area contributed by atoms with E-state index in [2.05, 4.69) is 4.98 Å². The van der Waals surface area contributed by atoms with E-state index in [-0.39, 0.29) is 5.89 Å². The fourth-order valence-electron chi connectivity index (χ4n) is 1.13. The topological polar surface area (TPSA) is 63.3 Å². The Balaban J connectivity index is 2.93. The molecule has 0 spiro atoms. The largest absolute Gasteiger partial charge is 0.481 e. The average Bonchev–Trinajstić information content (AvgIpc) is 2.42. The van der Waals surface area contributed by atoms with Gasteiger partial charge in [-0.25, -0.2) is 13.8 Å². The molecule has 1 atom stereocenters. The first kappa shape index (κ1) is 11.6. The number of aromatic nitrogens is 1. The highest BCUT2D eigenvalue weighted by molar-refractivity contribution is 5.67. The predicted molar refractivity (Wildman–Crippen MR) is 47.0 cm³/mol. The van der Waals surface area contributed by atoms with Crippen molar-refractivity contribution < 1.29 is 23.1 Å². The fourth-order valence-corrected chi connectivity index (χ4v) is 1.13. The van der Waals surface area contributed by atoms with Crippen LogP contribution in [0.25, 0.3) is 0 Å². The highest BCUT2D eigenvalue weighted by atomic mass is 19.3. The SMILES string of the molecule is Cc1nc(C(CC(=O)O)C(F)F)oc1C. The minimum Gasteiger partial charge on any atom is -0.481 e. The van der Waals surface area contributed by atoms with Crippen LogP contribution in [0.1, 0.15) is 29.7 Å². The lowest BCUT2D eigenvalue weighted by Crippen LogP contribution is -2.14. The van der Waals surface area contributed by atoms with Gasteiger partial charge in [-0.2, -0.15) is 0 Å². The monoisotopic (exact) mass is 219 g/mol. The second-order valence-electron chi connectivity index (χ2n) is 3.23. The van der Waals surface area contributed by atoms with E-state index in [0.29, 0.717) is 11.5 Å². The van der Waals surface area contributed by atoms with Gasteiger partial charge in [0.1, 0.15) is 11.7 Å². The van der Waals surface area contributed by atoms with E-state index in [4.69, 9.17) is 9.52 Å². The number of carboxylic acids is 1. The van der Waals surface area contributed by atoms with E-state index in [9.17, 15) is 13.6 Å². The third-order valence-electron chi connectivity index (χ3n) is 2.06. The molecule has 0 radical (unpaired) electrons. The molecule has 0 aliphatic carbocycles. The van der Waals surface area contributed by atoms with Crippen molar-refractivity contribution in [2.24, 2.45) is 0 Å². The van der Waals surface area contributed by atoms with Crippen molar-refractivity contribution >= 4 is 5.97 Å². The average molecular weight is 219 g/mol. The molecule has 1 heterocycles. The Kier molecular flexibility index (Phi) is 3.39. The van der Waals surface area contributed by atoms with Crippen molar-refractivity contribution in [1.29, 1.82) is 0 Å². The van der Waals surface area contributed by atoms with Crippen LogP contribution in [0.5, 0.6) is 0 Å². The Morgan fingerprint density at radius 2 is 2.13 bits per heavy atom. The highest BCUT2D eigenvalue weighted by Crippen LogP contribution is 2.27. The molecular weight excluding hydrogens is 208 g/mol. The molecule has 1 unspecified atom stereocenters. The van der Waals surface area contributed by atoms with E-state index < -0.39 is 24.7 Å². The number of aryl methyl sites for hydroxylation is 2. The van der Waals surface area contributed by atoms with Crippen LogP contribution < -0.4 is 0 Å². The van der Waals surface area contributed by atoms with Gasteiger partial charge in [-0.15, -0.1) is 0 Å². The quantitative estimate of drug-likeness (QED) is 0.842. The van der Waals surface area contributed by atoms with E-state index in [1.54, 1.807) is 13.8 Å². The number of nitrogens with zero attached hydrogens (tertiary/aromatic N) is 1. The van der Waals surface area contributed by atoms with Crippen LogP contribution in [0, 0.1) is 13.8 Å². The van der Waals surface area contributed by atoms with Gasteiger partial charge in [0.2, 0.25) is 5.89 Å². The third kappa shape index (κ3) is 2.74. The van der Waals surface area contributed by atoms with Gasteiger partial charge in [0.15, 0.2) is 0 Å². The minimum absolute atomic E-state index is 0.206.